The molecule has 13 heavy (non-hydrogen) atoms. The maximum absolute atomic E-state index is 5.29. The minimum Gasteiger partial charge on any atom is -0.373 e. The van der Waals surface area contributed by atoms with E-state index >= 15 is 0 Å². The van der Waals surface area contributed by atoms with Crippen LogP contribution in [0.25, 0.3) is 0 Å². The van der Waals surface area contributed by atoms with E-state index in [9.17, 15) is 0 Å². The van der Waals surface area contributed by atoms with Crippen molar-refractivity contribution >= 4 is 0 Å². The number of ether oxygens (including phenoxy) is 1. The molecular formula is C12H22O. The number of hydrogen-bond acceptors (Lipinski definition) is 1. The fourth-order valence-corrected chi connectivity index (χ4v) is 2.67. The lowest BCUT2D eigenvalue weighted by atomic mass is 9.76. The molecule has 0 aromatic carbocycles. The van der Waals surface area contributed by atoms with Crippen molar-refractivity contribution in [3.63, 3.8) is 0 Å². The molecule has 2 aliphatic rings. The molecular weight excluding hydrogens is 160 g/mol. The van der Waals surface area contributed by atoms with E-state index in [0.29, 0.717) is 6.10 Å². The quantitative estimate of drug-likeness (QED) is 0.610. The summed E-state index contributed by atoms with van der Waals surface area (Å²) in [6.45, 7) is 5.79. The van der Waals surface area contributed by atoms with Crippen LogP contribution in [0.15, 0.2) is 0 Å². The topological polar surface area (TPSA) is 12.5 Å². The Bertz CT molecular complexity index is 153. The van der Waals surface area contributed by atoms with Gasteiger partial charge in [-0.05, 0) is 37.0 Å². The van der Waals surface area contributed by atoms with E-state index in [-0.39, 0.29) is 0 Å². The van der Waals surface area contributed by atoms with E-state index in [2.05, 4.69) is 13.8 Å². The van der Waals surface area contributed by atoms with Crippen molar-refractivity contribution in [3.05, 3.63) is 0 Å². The molecule has 0 aromatic heterocycles. The summed E-state index contributed by atoms with van der Waals surface area (Å²) in [5, 5.41) is 0. The van der Waals surface area contributed by atoms with Crippen molar-refractivity contribution in [3.8, 4) is 0 Å². The molecule has 0 bridgehead atoms. The largest absolute Gasteiger partial charge is 0.373 e. The first-order chi connectivity index (χ1) is 6.25. The molecule has 1 unspecified atom stereocenters. The Kier molecular flexibility index (Phi) is 2.92. The van der Waals surface area contributed by atoms with Crippen molar-refractivity contribution < 1.29 is 4.74 Å². The molecule has 0 aromatic rings. The van der Waals surface area contributed by atoms with Gasteiger partial charge in [0.1, 0.15) is 0 Å². The monoisotopic (exact) mass is 182 g/mol. The van der Waals surface area contributed by atoms with Crippen LogP contribution < -0.4 is 0 Å². The normalized spacial score (nSPS) is 39.5. The highest BCUT2D eigenvalue weighted by atomic mass is 16.6. The molecule has 1 aliphatic heterocycles. The Morgan fingerprint density at radius 3 is 2.23 bits per heavy atom. The van der Waals surface area contributed by atoms with Gasteiger partial charge >= 0.3 is 0 Å². The van der Waals surface area contributed by atoms with Crippen LogP contribution in [-0.4, -0.2) is 12.7 Å². The van der Waals surface area contributed by atoms with Gasteiger partial charge in [0.25, 0.3) is 0 Å². The fourth-order valence-electron chi connectivity index (χ4n) is 2.67. The first-order valence-corrected chi connectivity index (χ1v) is 5.87. The second-order valence-electron chi connectivity index (χ2n) is 5.22. The Hall–Kier alpha value is -0.0400. The van der Waals surface area contributed by atoms with E-state index in [0.717, 1.165) is 24.4 Å². The summed E-state index contributed by atoms with van der Waals surface area (Å²) in [5.74, 6) is 2.90. The average molecular weight is 182 g/mol. The summed E-state index contributed by atoms with van der Waals surface area (Å²) in [4.78, 5) is 0. The maximum atomic E-state index is 5.29. The van der Waals surface area contributed by atoms with Crippen molar-refractivity contribution in [1.29, 1.82) is 0 Å². The molecule has 1 nitrogen and oxygen atoms in total. The minimum atomic E-state index is 0.653. The molecule has 0 N–H and O–H groups in total. The lowest BCUT2D eigenvalue weighted by Crippen LogP contribution is -2.19. The smallest absolute Gasteiger partial charge is 0.0812 e. The summed E-state index contributed by atoms with van der Waals surface area (Å²) in [5.41, 5.74) is 0. The van der Waals surface area contributed by atoms with E-state index in [1.165, 1.54) is 32.1 Å². The van der Waals surface area contributed by atoms with E-state index in [4.69, 9.17) is 4.74 Å². The Balaban J connectivity index is 1.69. The standard InChI is InChI=1S/C12H22O/c1-9(2)11-5-3-10(4-6-11)7-12-8-13-12/h9-12H,3-8H2,1-2H3. The van der Waals surface area contributed by atoms with Crippen LogP contribution in [0.2, 0.25) is 0 Å². The van der Waals surface area contributed by atoms with Crippen LogP contribution in [0.3, 0.4) is 0 Å². The van der Waals surface area contributed by atoms with Gasteiger partial charge in [0.05, 0.1) is 12.7 Å². The fraction of sp³-hybridized carbons (Fsp3) is 1.00. The van der Waals surface area contributed by atoms with Crippen LogP contribution in [0.5, 0.6) is 0 Å². The van der Waals surface area contributed by atoms with Crippen molar-refractivity contribution in [1.82, 2.24) is 0 Å². The number of rotatable bonds is 3. The number of epoxide rings is 1. The van der Waals surface area contributed by atoms with Gasteiger partial charge in [-0.25, -0.2) is 0 Å². The highest BCUT2D eigenvalue weighted by molar-refractivity contribution is 4.79. The van der Waals surface area contributed by atoms with Crippen LogP contribution in [0.1, 0.15) is 46.0 Å². The van der Waals surface area contributed by atoms with Crippen molar-refractivity contribution in [2.24, 2.45) is 17.8 Å². The van der Waals surface area contributed by atoms with Crippen LogP contribution in [0.4, 0.5) is 0 Å². The zero-order valence-electron chi connectivity index (χ0n) is 8.96. The van der Waals surface area contributed by atoms with E-state index < -0.39 is 0 Å². The predicted octanol–water partition coefficient (Wildman–Crippen LogP) is 3.24. The zero-order chi connectivity index (χ0) is 9.26. The molecule has 1 atom stereocenters. The first kappa shape index (κ1) is 9.51. The Labute approximate surface area is 81.9 Å². The maximum Gasteiger partial charge on any atom is 0.0812 e. The SMILES string of the molecule is CC(C)C1CCC(CC2CO2)CC1. The van der Waals surface area contributed by atoms with Crippen LogP contribution in [-0.2, 0) is 4.74 Å². The molecule has 1 heterocycles. The predicted molar refractivity (Wildman–Crippen MR) is 54.6 cm³/mol. The van der Waals surface area contributed by atoms with Crippen LogP contribution >= 0.6 is 0 Å². The summed E-state index contributed by atoms with van der Waals surface area (Å²) in [6.07, 6.45) is 7.86. The highest BCUT2D eigenvalue weighted by Gasteiger charge is 2.30. The average Bonchev–Trinajstić information content (AvgIpc) is 2.89. The lowest BCUT2D eigenvalue weighted by Gasteiger charge is -2.30. The second-order valence-corrected chi connectivity index (χ2v) is 5.22. The molecule has 2 rings (SSSR count). The summed E-state index contributed by atoms with van der Waals surface area (Å²) < 4.78 is 5.29. The third-order valence-electron chi connectivity index (χ3n) is 3.83. The third-order valence-corrected chi connectivity index (χ3v) is 3.83. The minimum absolute atomic E-state index is 0.653. The Morgan fingerprint density at radius 2 is 1.77 bits per heavy atom. The molecule has 1 saturated heterocycles. The molecule has 2 fully saturated rings. The molecule has 1 saturated carbocycles. The molecule has 0 radical (unpaired) electrons. The van der Waals surface area contributed by atoms with Crippen molar-refractivity contribution in [2.75, 3.05) is 6.61 Å². The first-order valence-electron chi connectivity index (χ1n) is 5.87. The van der Waals surface area contributed by atoms with Gasteiger partial charge in [0.2, 0.25) is 0 Å². The summed E-state index contributed by atoms with van der Waals surface area (Å²) >= 11 is 0. The van der Waals surface area contributed by atoms with Gasteiger partial charge in [0, 0.05) is 0 Å². The lowest BCUT2D eigenvalue weighted by molar-refractivity contribution is 0.206. The van der Waals surface area contributed by atoms with Gasteiger partial charge < -0.3 is 4.74 Å². The van der Waals surface area contributed by atoms with Crippen LogP contribution in [0, 0.1) is 17.8 Å². The van der Waals surface area contributed by atoms with Gasteiger partial charge in [0.15, 0.2) is 0 Å². The summed E-state index contributed by atoms with van der Waals surface area (Å²) in [6, 6.07) is 0. The Morgan fingerprint density at radius 1 is 1.15 bits per heavy atom. The van der Waals surface area contributed by atoms with Gasteiger partial charge in [-0.2, -0.15) is 0 Å². The zero-order valence-corrected chi connectivity index (χ0v) is 8.96. The molecule has 1 aliphatic carbocycles. The third kappa shape index (κ3) is 2.70. The molecule has 1 heteroatoms. The van der Waals surface area contributed by atoms with E-state index in [1.807, 2.05) is 0 Å². The van der Waals surface area contributed by atoms with E-state index in [1.54, 1.807) is 0 Å². The highest BCUT2D eigenvalue weighted by Crippen LogP contribution is 2.36. The number of hydrogen-bond donors (Lipinski definition) is 0. The van der Waals surface area contributed by atoms with Gasteiger partial charge in [-0.1, -0.05) is 26.7 Å². The second kappa shape index (κ2) is 4.00. The molecule has 76 valence electrons. The van der Waals surface area contributed by atoms with Gasteiger partial charge in [-0.3, -0.25) is 0 Å². The van der Waals surface area contributed by atoms with Gasteiger partial charge in [-0.15, -0.1) is 0 Å². The molecule has 0 spiro atoms. The van der Waals surface area contributed by atoms with Crippen molar-refractivity contribution in [2.45, 2.75) is 52.1 Å². The molecule has 0 amide bonds. The summed E-state index contributed by atoms with van der Waals surface area (Å²) in [7, 11) is 0.